The molecule has 1 aromatic rings. The van der Waals surface area contributed by atoms with E-state index in [-0.39, 0.29) is 29.9 Å². The summed E-state index contributed by atoms with van der Waals surface area (Å²) in [5.41, 5.74) is 1.01. The van der Waals surface area contributed by atoms with E-state index in [9.17, 15) is 9.59 Å². The fraction of sp³-hybridized carbons (Fsp3) is 0.636. The molecule has 1 saturated carbocycles. The Hall–Kier alpha value is -2.44. The molecule has 3 aliphatic rings. The first kappa shape index (κ1) is 19.9. The number of anilines is 1. The van der Waals surface area contributed by atoms with Crippen LogP contribution < -0.4 is 19.7 Å². The molecular formula is C22H31N3O4. The zero-order valence-electron chi connectivity index (χ0n) is 17.6. The van der Waals surface area contributed by atoms with Crippen molar-refractivity contribution in [2.45, 2.75) is 46.1 Å². The molecule has 0 spiro atoms. The van der Waals surface area contributed by atoms with Gasteiger partial charge in [-0.15, -0.1) is 0 Å². The second-order valence-corrected chi connectivity index (χ2v) is 9.36. The lowest BCUT2D eigenvalue weighted by atomic mass is 9.70. The van der Waals surface area contributed by atoms with Crippen LogP contribution in [0.5, 0.6) is 11.5 Å². The van der Waals surface area contributed by atoms with E-state index < -0.39 is 0 Å². The van der Waals surface area contributed by atoms with Crippen LogP contribution in [0.4, 0.5) is 10.5 Å². The third-order valence-electron chi connectivity index (χ3n) is 6.02. The Morgan fingerprint density at radius 1 is 1.17 bits per heavy atom. The Labute approximate surface area is 172 Å². The van der Waals surface area contributed by atoms with Gasteiger partial charge >= 0.3 is 6.03 Å². The zero-order chi connectivity index (χ0) is 20.6. The molecule has 1 aliphatic carbocycles. The number of nitrogens with zero attached hydrogens (tertiary/aromatic N) is 2. The van der Waals surface area contributed by atoms with Gasteiger partial charge in [0, 0.05) is 30.9 Å². The maximum absolute atomic E-state index is 12.9. The fourth-order valence-corrected chi connectivity index (χ4v) is 5.07. The lowest BCUT2D eigenvalue weighted by molar-refractivity contribution is -0.122. The summed E-state index contributed by atoms with van der Waals surface area (Å²) in [6, 6.07) is 5.57. The molecule has 2 atom stereocenters. The van der Waals surface area contributed by atoms with Gasteiger partial charge in [0.15, 0.2) is 11.5 Å². The molecule has 7 heteroatoms. The topological polar surface area (TPSA) is 71.1 Å². The van der Waals surface area contributed by atoms with Crippen LogP contribution in [0.3, 0.4) is 0 Å². The maximum atomic E-state index is 12.9. The van der Waals surface area contributed by atoms with E-state index >= 15 is 0 Å². The molecule has 7 nitrogen and oxygen atoms in total. The SMILES string of the molecule is CC1CC(NC(=O)CN2CCN(c3ccc4c(c3)OCCO4)C2=O)CC(C)(C)C1. The van der Waals surface area contributed by atoms with Crippen molar-refractivity contribution < 1.29 is 19.1 Å². The van der Waals surface area contributed by atoms with Crippen molar-refractivity contribution >= 4 is 17.6 Å². The van der Waals surface area contributed by atoms with Crippen LogP contribution in [0.15, 0.2) is 18.2 Å². The van der Waals surface area contributed by atoms with Gasteiger partial charge in [-0.1, -0.05) is 20.8 Å². The molecule has 2 fully saturated rings. The lowest BCUT2D eigenvalue weighted by Crippen LogP contribution is -2.47. The molecule has 29 heavy (non-hydrogen) atoms. The van der Waals surface area contributed by atoms with Gasteiger partial charge in [0.2, 0.25) is 5.91 Å². The normalized spacial score (nSPS) is 25.8. The molecule has 158 valence electrons. The first-order chi connectivity index (χ1) is 13.8. The Balaban J connectivity index is 1.35. The van der Waals surface area contributed by atoms with E-state index in [1.54, 1.807) is 9.80 Å². The highest BCUT2D eigenvalue weighted by Crippen LogP contribution is 2.38. The molecule has 0 radical (unpaired) electrons. The van der Waals surface area contributed by atoms with E-state index in [0.29, 0.717) is 43.7 Å². The van der Waals surface area contributed by atoms with Crippen LogP contribution in [-0.2, 0) is 4.79 Å². The first-order valence-electron chi connectivity index (χ1n) is 10.6. The number of nitrogens with one attached hydrogen (secondary N) is 1. The highest BCUT2D eigenvalue weighted by Gasteiger charge is 2.35. The predicted octanol–water partition coefficient (Wildman–Crippen LogP) is 3.03. The number of carbonyl (C=O) groups is 2. The molecule has 2 unspecified atom stereocenters. The lowest BCUT2D eigenvalue weighted by Gasteiger charge is -2.39. The zero-order valence-corrected chi connectivity index (χ0v) is 17.6. The number of fused-ring (bicyclic) bond motifs is 1. The summed E-state index contributed by atoms with van der Waals surface area (Å²) in [6.07, 6.45) is 3.18. The van der Waals surface area contributed by atoms with Crippen molar-refractivity contribution in [2.75, 3.05) is 37.7 Å². The highest BCUT2D eigenvalue weighted by molar-refractivity contribution is 5.96. The number of benzene rings is 1. The van der Waals surface area contributed by atoms with Crippen LogP contribution in [-0.4, -0.2) is 55.7 Å². The van der Waals surface area contributed by atoms with Crippen LogP contribution in [0.25, 0.3) is 0 Å². The second-order valence-electron chi connectivity index (χ2n) is 9.36. The Morgan fingerprint density at radius 3 is 2.69 bits per heavy atom. The minimum absolute atomic E-state index is 0.0720. The number of urea groups is 1. The Morgan fingerprint density at radius 2 is 1.93 bits per heavy atom. The summed E-state index contributed by atoms with van der Waals surface area (Å²) < 4.78 is 11.2. The van der Waals surface area contributed by atoms with Gasteiger partial charge in [-0.3, -0.25) is 9.69 Å². The van der Waals surface area contributed by atoms with Gasteiger partial charge < -0.3 is 19.7 Å². The van der Waals surface area contributed by atoms with Gasteiger partial charge in [0.1, 0.15) is 19.8 Å². The van der Waals surface area contributed by atoms with Crippen molar-refractivity contribution in [1.82, 2.24) is 10.2 Å². The number of amides is 3. The molecule has 2 heterocycles. The van der Waals surface area contributed by atoms with Crippen LogP contribution >= 0.6 is 0 Å². The van der Waals surface area contributed by atoms with E-state index in [2.05, 4.69) is 26.1 Å². The molecule has 1 N–H and O–H groups in total. The standard InChI is InChI=1S/C22H31N3O4/c1-15-10-16(13-22(2,3)12-15)23-20(26)14-24-6-7-25(21(24)27)17-4-5-18-19(11-17)29-9-8-28-18/h4-5,11,15-16H,6-10,12-14H2,1-3H3,(H,23,26). The largest absolute Gasteiger partial charge is 0.486 e. The summed E-state index contributed by atoms with van der Waals surface area (Å²) in [7, 11) is 0. The predicted molar refractivity (Wildman–Crippen MR) is 110 cm³/mol. The van der Waals surface area contributed by atoms with Gasteiger partial charge in [0.05, 0.1) is 0 Å². The van der Waals surface area contributed by atoms with Gasteiger partial charge in [-0.05, 0) is 42.7 Å². The molecule has 1 saturated heterocycles. The van der Waals surface area contributed by atoms with E-state index in [0.717, 1.165) is 18.5 Å². The summed E-state index contributed by atoms with van der Waals surface area (Å²) >= 11 is 0. The average molecular weight is 402 g/mol. The average Bonchev–Trinajstić information content (AvgIpc) is 3.00. The number of hydrogen-bond donors (Lipinski definition) is 1. The third kappa shape index (κ3) is 4.43. The van der Waals surface area contributed by atoms with Crippen LogP contribution in [0.1, 0.15) is 40.0 Å². The first-order valence-corrected chi connectivity index (χ1v) is 10.6. The summed E-state index contributed by atoms with van der Waals surface area (Å²) in [6.45, 7) is 9.00. The van der Waals surface area contributed by atoms with E-state index in [1.165, 1.54) is 6.42 Å². The summed E-state index contributed by atoms with van der Waals surface area (Å²) in [4.78, 5) is 28.8. The van der Waals surface area contributed by atoms with Gasteiger partial charge in [-0.2, -0.15) is 0 Å². The Bertz CT molecular complexity index is 794. The number of hydrogen-bond acceptors (Lipinski definition) is 4. The molecule has 3 amide bonds. The van der Waals surface area contributed by atoms with Crippen molar-refractivity contribution in [1.29, 1.82) is 0 Å². The van der Waals surface area contributed by atoms with Crippen LogP contribution in [0.2, 0.25) is 0 Å². The van der Waals surface area contributed by atoms with E-state index in [4.69, 9.17) is 9.47 Å². The smallest absolute Gasteiger partial charge is 0.325 e. The van der Waals surface area contributed by atoms with Crippen LogP contribution in [0, 0.1) is 11.3 Å². The molecular weight excluding hydrogens is 370 g/mol. The molecule has 4 rings (SSSR count). The van der Waals surface area contributed by atoms with Crippen molar-refractivity contribution in [3.63, 3.8) is 0 Å². The van der Waals surface area contributed by atoms with Gasteiger partial charge in [0.25, 0.3) is 0 Å². The minimum Gasteiger partial charge on any atom is -0.486 e. The molecule has 0 aromatic heterocycles. The monoisotopic (exact) mass is 401 g/mol. The van der Waals surface area contributed by atoms with Crippen molar-refractivity contribution in [3.05, 3.63) is 18.2 Å². The van der Waals surface area contributed by atoms with Gasteiger partial charge in [-0.25, -0.2) is 4.79 Å². The molecule has 1 aromatic carbocycles. The number of rotatable bonds is 4. The van der Waals surface area contributed by atoms with Crippen molar-refractivity contribution in [3.8, 4) is 11.5 Å². The molecule has 2 aliphatic heterocycles. The quantitative estimate of drug-likeness (QED) is 0.842. The third-order valence-corrected chi connectivity index (χ3v) is 6.02. The fourth-order valence-electron chi connectivity index (χ4n) is 5.07. The second kappa shape index (κ2) is 7.76. The number of carbonyl (C=O) groups excluding carboxylic acids is 2. The maximum Gasteiger partial charge on any atom is 0.325 e. The number of ether oxygens (including phenoxy) is 2. The minimum atomic E-state index is -0.144. The molecule has 0 bridgehead atoms. The van der Waals surface area contributed by atoms with E-state index in [1.807, 2.05) is 18.2 Å². The Kier molecular flexibility index (Phi) is 5.32. The highest BCUT2D eigenvalue weighted by atomic mass is 16.6. The summed E-state index contributed by atoms with van der Waals surface area (Å²) in [5.74, 6) is 1.89. The summed E-state index contributed by atoms with van der Waals surface area (Å²) in [5, 5.41) is 3.16. The van der Waals surface area contributed by atoms with Crippen molar-refractivity contribution in [2.24, 2.45) is 11.3 Å².